The summed E-state index contributed by atoms with van der Waals surface area (Å²) in [6.45, 7) is 2.28. The highest BCUT2D eigenvalue weighted by Gasteiger charge is 2.21. The fraction of sp³-hybridized carbons (Fsp3) is 0.500. The number of aromatic nitrogens is 2. The average Bonchev–Trinajstić information content (AvgIpc) is 2.47. The molecule has 0 aliphatic heterocycles. The van der Waals surface area contributed by atoms with E-state index in [2.05, 4.69) is 22.2 Å². The summed E-state index contributed by atoms with van der Waals surface area (Å²) in [5.41, 5.74) is 0.901. The van der Waals surface area contributed by atoms with Crippen LogP contribution in [0.4, 0.5) is 5.82 Å². The first kappa shape index (κ1) is 13.6. The number of anilines is 1. The van der Waals surface area contributed by atoms with Crippen molar-refractivity contribution in [2.45, 2.75) is 45.1 Å². The Labute approximate surface area is 124 Å². The van der Waals surface area contributed by atoms with Gasteiger partial charge >= 0.3 is 0 Å². The Kier molecular flexibility index (Phi) is 4.06. The highest BCUT2D eigenvalue weighted by Crippen LogP contribution is 2.30. The van der Waals surface area contributed by atoms with Crippen molar-refractivity contribution in [1.29, 1.82) is 0 Å². The molecular formula is C16H20ClN3. The second-order valence-corrected chi connectivity index (χ2v) is 5.98. The van der Waals surface area contributed by atoms with Crippen LogP contribution in [0.15, 0.2) is 24.3 Å². The third kappa shape index (κ3) is 2.88. The number of rotatable bonds is 3. The molecule has 2 unspecified atom stereocenters. The largest absolute Gasteiger partial charge is 0.367 e. The monoisotopic (exact) mass is 289 g/mol. The zero-order chi connectivity index (χ0) is 13.9. The van der Waals surface area contributed by atoms with Crippen molar-refractivity contribution in [1.82, 2.24) is 9.97 Å². The molecular weight excluding hydrogens is 270 g/mol. The number of halogens is 1. The molecule has 1 aromatic heterocycles. The molecule has 1 aliphatic rings. The minimum atomic E-state index is 0.314. The van der Waals surface area contributed by atoms with Gasteiger partial charge in [0.2, 0.25) is 5.28 Å². The molecule has 1 aromatic carbocycles. The van der Waals surface area contributed by atoms with E-state index in [1.165, 1.54) is 32.1 Å². The third-order valence-electron chi connectivity index (χ3n) is 4.28. The van der Waals surface area contributed by atoms with E-state index in [4.69, 9.17) is 11.6 Å². The summed E-state index contributed by atoms with van der Waals surface area (Å²) in [4.78, 5) is 8.66. The summed E-state index contributed by atoms with van der Waals surface area (Å²) in [6.07, 6.45) is 6.37. The Bertz CT molecular complexity index is 599. The molecule has 20 heavy (non-hydrogen) atoms. The van der Waals surface area contributed by atoms with Gasteiger partial charge in [-0.3, -0.25) is 0 Å². The number of hydrogen-bond donors (Lipinski definition) is 1. The van der Waals surface area contributed by atoms with Crippen molar-refractivity contribution in [3.8, 4) is 0 Å². The molecule has 1 aliphatic carbocycles. The molecule has 0 spiro atoms. The first-order chi connectivity index (χ1) is 9.76. The second kappa shape index (κ2) is 5.96. The molecule has 1 saturated carbocycles. The summed E-state index contributed by atoms with van der Waals surface area (Å²) >= 11 is 6.04. The van der Waals surface area contributed by atoms with E-state index in [0.717, 1.165) is 22.6 Å². The van der Waals surface area contributed by atoms with Crippen LogP contribution in [0.5, 0.6) is 0 Å². The first-order valence-electron chi connectivity index (χ1n) is 7.45. The van der Waals surface area contributed by atoms with E-state index in [0.29, 0.717) is 11.3 Å². The number of hydrogen-bond acceptors (Lipinski definition) is 3. The van der Waals surface area contributed by atoms with Gasteiger partial charge in [-0.1, -0.05) is 38.3 Å². The molecule has 0 radical (unpaired) electrons. The Hall–Kier alpha value is -1.35. The van der Waals surface area contributed by atoms with Crippen molar-refractivity contribution in [3.05, 3.63) is 29.5 Å². The van der Waals surface area contributed by atoms with Gasteiger partial charge in [0.1, 0.15) is 5.82 Å². The van der Waals surface area contributed by atoms with Crippen LogP contribution in [0.25, 0.3) is 10.9 Å². The van der Waals surface area contributed by atoms with E-state index >= 15 is 0 Å². The van der Waals surface area contributed by atoms with Crippen molar-refractivity contribution in [2.24, 2.45) is 5.92 Å². The zero-order valence-electron chi connectivity index (χ0n) is 11.8. The Balaban J connectivity index is 1.86. The van der Waals surface area contributed by atoms with E-state index in [1.54, 1.807) is 0 Å². The highest BCUT2D eigenvalue weighted by molar-refractivity contribution is 6.28. The van der Waals surface area contributed by atoms with E-state index < -0.39 is 0 Å². The maximum absolute atomic E-state index is 6.04. The van der Waals surface area contributed by atoms with Gasteiger partial charge in [0.25, 0.3) is 0 Å². The molecule has 3 nitrogen and oxygen atoms in total. The van der Waals surface area contributed by atoms with Crippen LogP contribution >= 0.6 is 11.6 Å². The molecule has 1 heterocycles. The molecule has 2 atom stereocenters. The lowest BCUT2D eigenvalue weighted by atomic mass is 9.84. The van der Waals surface area contributed by atoms with Gasteiger partial charge in [-0.05, 0) is 42.5 Å². The van der Waals surface area contributed by atoms with Crippen molar-refractivity contribution < 1.29 is 0 Å². The molecule has 2 aromatic rings. The van der Waals surface area contributed by atoms with Gasteiger partial charge in [-0.25, -0.2) is 9.97 Å². The van der Waals surface area contributed by atoms with Crippen LogP contribution in [-0.2, 0) is 0 Å². The summed E-state index contributed by atoms with van der Waals surface area (Å²) in [7, 11) is 0. The maximum Gasteiger partial charge on any atom is 0.224 e. The van der Waals surface area contributed by atoms with Gasteiger partial charge in [-0.2, -0.15) is 0 Å². The lowest BCUT2D eigenvalue weighted by molar-refractivity contribution is 0.327. The quantitative estimate of drug-likeness (QED) is 0.835. The molecule has 0 amide bonds. The van der Waals surface area contributed by atoms with Crippen molar-refractivity contribution in [2.75, 3.05) is 5.32 Å². The first-order valence-corrected chi connectivity index (χ1v) is 7.83. The SMILES string of the molecule is CCC1CCCC(Nc2nc(Cl)nc3ccccc23)C1. The van der Waals surface area contributed by atoms with Crippen LogP contribution in [0.2, 0.25) is 5.28 Å². The van der Waals surface area contributed by atoms with E-state index in [1.807, 2.05) is 24.3 Å². The standard InChI is InChI=1S/C16H20ClN3/c1-2-11-6-5-7-12(10-11)18-15-13-8-3-4-9-14(13)19-16(17)20-15/h3-4,8-9,11-12H,2,5-7,10H2,1H3,(H,18,19,20). The lowest BCUT2D eigenvalue weighted by Gasteiger charge is -2.29. The van der Waals surface area contributed by atoms with Crippen LogP contribution in [-0.4, -0.2) is 16.0 Å². The molecule has 1 fully saturated rings. The molecule has 1 N–H and O–H groups in total. The topological polar surface area (TPSA) is 37.8 Å². The minimum absolute atomic E-state index is 0.314. The van der Waals surface area contributed by atoms with Gasteiger partial charge in [-0.15, -0.1) is 0 Å². The molecule has 3 rings (SSSR count). The molecule has 106 valence electrons. The Morgan fingerprint density at radius 1 is 1.25 bits per heavy atom. The average molecular weight is 290 g/mol. The van der Waals surface area contributed by atoms with Crippen molar-refractivity contribution in [3.63, 3.8) is 0 Å². The third-order valence-corrected chi connectivity index (χ3v) is 4.45. The van der Waals surface area contributed by atoms with Crippen LogP contribution in [0.1, 0.15) is 39.0 Å². The predicted octanol–water partition coefficient (Wildman–Crippen LogP) is 4.66. The second-order valence-electron chi connectivity index (χ2n) is 5.64. The molecule has 0 saturated heterocycles. The Morgan fingerprint density at radius 2 is 2.10 bits per heavy atom. The normalized spacial score (nSPS) is 22.9. The minimum Gasteiger partial charge on any atom is -0.367 e. The van der Waals surface area contributed by atoms with E-state index in [9.17, 15) is 0 Å². The van der Waals surface area contributed by atoms with Gasteiger partial charge in [0.05, 0.1) is 5.52 Å². The van der Waals surface area contributed by atoms with Gasteiger partial charge in [0.15, 0.2) is 0 Å². The number of fused-ring (bicyclic) bond motifs is 1. The number of nitrogens with one attached hydrogen (secondary N) is 1. The molecule has 0 bridgehead atoms. The lowest BCUT2D eigenvalue weighted by Crippen LogP contribution is -2.27. The summed E-state index contributed by atoms with van der Waals surface area (Å²) < 4.78 is 0. The fourth-order valence-electron chi connectivity index (χ4n) is 3.14. The van der Waals surface area contributed by atoms with Crippen LogP contribution in [0.3, 0.4) is 0 Å². The number of nitrogens with zero attached hydrogens (tertiary/aromatic N) is 2. The fourth-order valence-corrected chi connectivity index (χ4v) is 3.32. The zero-order valence-corrected chi connectivity index (χ0v) is 12.5. The maximum atomic E-state index is 6.04. The van der Waals surface area contributed by atoms with E-state index in [-0.39, 0.29) is 0 Å². The van der Waals surface area contributed by atoms with Crippen molar-refractivity contribution >= 4 is 28.3 Å². The predicted molar refractivity (Wildman–Crippen MR) is 84.2 cm³/mol. The van der Waals surface area contributed by atoms with Crippen LogP contribution < -0.4 is 5.32 Å². The molecule has 4 heteroatoms. The van der Waals surface area contributed by atoms with Gasteiger partial charge in [0, 0.05) is 11.4 Å². The summed E-state index contributed by atoms with van der Waals surface area (Å²) in [5.74, 6) is 1.71. The summed E-state index contributed by atoms with van der Waals surface area (Å²) in [5, 5.41) is 4.96. The summed E-state index contributed by atoms with van der Waals surface area (Å²) in [6, 6.07) is 8.52. The highest BCUT2D eigenvalue weighted by atomic mass is 35.5. The number of para-hydroxylation sites is 1. The van der Waals surface area contributed by atoms with Crippen LogP contribution in [0, 0.1) is 5.92 Å². The number of benzene rings is 1. The Morgan fingerprint density at radius 3 is 2.95 bits per heavy atom. The smallest absolute Gasteiger partial charge is 0.224 e. The van der Waals surface area contributed by atoms with Gasteiger partial charge < -0.3 is 5.32 Å².